The second kappa shape index (κ2) is 7.25. The predicted molar refractivity (Wildman–Crippen MR) is 65.6 cm³/mol. The van der Waals surface area contributed by atoms with Gasteiger partial charge in [0.2, 0.25) is 0 Å². The largest absolute Gasteiger partial charge is 0.448 e. The van der Waals surface area contributed by atoms with Gasteiger partial charge in [0.1, 0.15) is 6.61 Å². The quantitative estimate of drug-likeness (QED) is 0.625. The van der Waals surface area contributed by atoms with Crippen molar-refractivity contribution in [3.8, 4) is 0 Å². The number of rotatable bonds is 6. The molecule has 0 bridgehead atoms. The lowest BCUT2D eigenvalue weighted by atomic mass is 10.2. The maximum absolute atomic E-state index is 12.1. The van der Waals surface area contributed by atoms with Crippen LogP contribution < -0.4 is 11.1 Å². The van der Waals surface area contributed by atoms with Crippen molar-refractivity contribution in [2.24, 2.45) is 5.73 Å². The minimum atomic E-state index is -4.27. The van der Waals surface area contributed by atoms with Gasteiger partial charge >= 0.3 is 11.6 Å². The number of nitrogens with two attached hydrogens (primary N) is 1. The van der Waals surface area contributed by atoms with Crippen molar-refractivity contribution < 1.29 is 22.7 Å². The summed E-state index contributed by atoms with van der Waals surface area (Å²) in [6.07, 6.45) is -0.838. The van der Waals surface area contributed by atoms with Gasteiger partial charge in [0.15, 0.2) is 0 Å². The molecule has 0 fully saturated rings. The number of alkyl halides is 3. The number of ether oxygens (including phenoxy) is 1. The molecule has 0 spiro atoms. The fraction of sp³-hybridized carbons (Fsp3) is 0.364. The van der Waals surface area contributed by atoms with Gasteiger partial charge in [-0.3, -0.25) is 0 Å². The Kier molecular flexibility index (Phi) is 5.97. The van der Waals surface area contributed by atoms with Crippen LogP contribution in [0.3, 0.4) is 0 Å². The van der Waals surface area contributed by atoms with Gasteiger partial charge in [0.25, 0.3) is 0 Å². The van der Waals surface area contributed by atoms with Crippen molar-refractivity contribution in [1.29, 1.82) is 0 Å². The highest BCUT2D eigenvalue weighted by Crippen LogP contribution is 2.36. The van der Waals surface area contributed by atoms with E-state index in [0.29, 0.717) is 13.1 Å². The lowest BCUT2D eigenvalue weighted by Crippen LogP contribution is -2.23. The second-order valence-electron chi connectivity index (χ2n) is 3.54. The molecule has 0 saturated heterocycles. The van der Waals surface area contributed by atoms with E-state index < -0.39 is 11.6 Å². The molecule has 4 nitrogen and oxygen atoms in total. The minimum absolute atomic E-state index is 0.147. The monoisotopic (exact) mass is 294 g/mol. The second-order valence-corrected chi connectivity index (χ2v) is 4.67. The highest BCUT2D eigenvalue weighted by atomic mass is 32.2. The molecule has 1 aromatic rings. The molecule has 3 N–H and O–H groups in total. The van der Waals surface area contributed by atoms with Crippen LogP contribution in [0.15, 0.2) is 29.2 Å². The average molecular weight is 294 g/mol. The molecule has 19 heavy (non-hydrogen) atoms. The third-order valence-corrected chi connectivity index (χ3v) is 2.75. The first kappa shape index (κ1) is 15.6. The fourth-order valence-corrected chi connectivity index (χ4v) is 1.80. The van der Waals surface area contributed by atoms with Crippen LogP contribution in [-0.4, -0.2) is 24.8 Å². The standard InChI is InChI=1S/C11H13F3N2O2S/c12-11(13,14)19-9-3-1-8(2-4-9)7-16-5-6-18-10(15)17/h1-4,16H,5-7H2,(H2,15,17). The molecule has 0 heterocycles. The summed E-state index contributed by atoms with van der Waals surface area (Å²) < 4.78 is 40.8. The number of hydrogen-bond donors (Lipinski definition) is 2. The van der Waals surface area contributed by atoms with Crippen LogP contribution in [0.1, 0.15) is 5.56 Å². The van der Waals surface area contributed by atoms with Crippen LogP contribution >= 0.6 is 11.8 Å². The Bertz CT molecular complexity index is 409. The normalized spacial score (nSPS) is 11.3. The van der Waals surface area contributed by atoms with E-state index in [9.17, 15) is 18.0 Å². The molecule has 0 unspecified atom stereocenters. The van der Waals surface area contributed by atoms with E-state index in [1.165, 1.54) is 12.1 Å². The first-order valence-electron chi connectivity index (χ1n) is 5.34. The van der Waals surface area contributed by atoms with Gasteiger partial charge in [0, 0.05) is 18.0 Å². The minimum Gasteiger partial charge on any atom is -0.448 e. The number of nitrogens with one attached hydrogen (secondary N) is 1. The van der Waals surface area contributed by atoms with E-state index in [1.807, 2.05) is 0 Å². The Morgan fingerprint density at radius 2 is 1.95 bits per heavy atom. The molecule has 106 valence electrons. The Hall–Kier alpha value is -1.41. The van der Waals surface area contributed by atoms with Gasteiger partial charge in [-0.1, -0.05) is 12.1 Å². The number of carbonyl (C=O) groups is 1. The molecule has 1 amide bonds. The van der Waals surface area contributed by atoms with Crippen LogP contribution in [0.4, 0.5) is 18.0 Å². The maximum atomic E-state index is 12.1. The molecule has 1 aromatic carbocycles. The van der Waals surface area contributed by atoms with Crippen LogP contribution in [0, 0.1) is 0 Å². The molecule has 0 aromatic heterocycles. The summed E-state index contributed by atoms with van der Waals surface area (Å²) in [4.78, 5) is 10.4. The Balaban J connectivity index is 2.30. The zero-order chi connectivity index (χ0) is 14.3. The zero-order valence-electron chi connectivity index (χ0n) is 9.87. The zero-order valence-corrected chi connectivity index (χ0v) is 10.7. The van der Waals surface area contributed by atoms with Crippen molar-refractivity contribution in [3.05, 3.63) is 29.8 Å². The van der Waals surface area contributed by atoms with Crippen LogP contribution in [0.5, 0.6) is 0 Å². The Labute approximate surface area is 112 Å². The van der Waals surface area contributed by atoms with Crippen LogP contribution in [0.2, 0.25) is 0 Å². The van der Waals surface area contributed by atoms with Crippen molar-refractivity contribution in [1.82, 2.24) is 5.32 Å². The summed E-state index contributed by atoms with van der Waals surface area (Å²) in [5.41, 5.74) is 1.34. The molecular weight excluding hydrogens is 281 g/mol. The molecule has 0 aliphatic carbocycles. The van der Waals surface area contributed by atoms with E-state index in [1.54, 1.807) is 12.1 Å². The number of hydrogen-bond acceptors (Lipinski definition) is 4. The summed E-state index contributed by atoms with van der Waals surface area (Å²) in [5, 5.41) is 2.96. The summed E-state index contributed by atoms with van der Waals surface area (Å²) in [6, 6.07) is 6.04. The predicted octanol–water partition coefficient (Wildman–Crippen LogP) is 2.48. The molecule has 1 rings (SSSR count). The van der Waals surface area contributed by atoms with Crippen molar-refractivity contribution in [2.75, 3.05) is 13.2 Å². The first-order chi connectivity index (χ1) is 8.87. The average Bonchev–Trinajstić information content (AvgIpc) is 2.28. The Morgan fingerprint density at radius 1 is 1.32 bits per heavy atom. The number of thioether (sulfide) groups is 1. The molecule has 0 aliphatic rings. The highest BCUT2D eigenvalue weighted by Gasteiger charge is 2.28. The van der Waals surface area contributed by atoms with E-state index in [2.05, 4.69) is 10.1 Å². The molecule has 0 radical (unpaired) electrons. The van der Waals surface area contributed by atoms with E-state index in [0.717, 1.165) is 5.56 Å². The molecule has 0 atom stereocenters. The summed E-state index contributed by atoms with van der Waals surface area (Å²) in [6.45, 7) is 1.04. The number of halogens is 3. The van der Waals surface area contributed by atoms with Gasteiger partial charge in [-0.2, -0.15) is 13.2 Å². The molecular formula is C11H13F3N2O2S. The van der Waals surface area contributed by atoms with Crippen molar-refractivity contribution in [3.63, 3.8) is 0 Å². The van der Waals surface area contributed by atoms with Gasteiger partial charge in [-0.05, 0) is 29.5 Å². The van der Waals surface area contributed by atoms with Crippen LogP contribution in [0.25, 0.3) is 0 Å². The third-order valence-electron chi connectivity index (χ3n) is 2.01. The Morgan fingerprint density at radius 3 is 2.47 bits per heavy atom. The number of amides is 1. The maximum Gasteiger partial charge on any atom is 0.446 e. The van der Waals surface area contributed by atoms with E-state index >= 15 is 0 Å². The van der Waals surface area contributed by atoms with Gasteiger partial charge in [-0.15, -0.1) is 0 Å². The lowest BCUT2D eigenvalue weighted by molar-refractivity contribution is -0.0328. The topological polar surface area (TPSA) is 64.4 Å². The van der Waals surface area contributed by atoms with Gasteiger partial charge < -0.3 is 15.8 Å². The molecule has 0 saturated carbocycles. The molecule has 0 aliphatic heterocycles. The van der Waals surface area contributed by atoms with E-state index in [4.69, 9.17) is 5.73 Å². The van der Waals surface area contributed by atoms with Gasteiger partial charge in [-0.25, -0.2) is 4.79 Å². The summed E-state index contributed by atoms with van der Waals surface area (Å²) >= 11 is -0.147. The van der Waals surface area contributed by atoms with E-state index in [-0.39, 0.29) is 23.3 Å². The third kappa shape index (κ3) is 7.58. The lowest BCUT2D eigenvalue weighted by Gasteiger charge is -2.07. The van der Waals surface area contributed by atoms with Gasteiger partial charge in [0.05, 0.1) is 0 Å². The van der Waals surface area contributed by atoms with Crippen molar-refractivity contribution >= 4 is 17.9 Å². The van der Waals surface area contributed by atoms with Crippen LogP contribution in [-0.2, 0) is 11.3 Å². The highest BCUT2D eigenvalue weighted by molar-refractivity contribution is 8.00. The fourth-order valence-electron chi connectivity index (χ4n) is 1.27. The molecule has 8 heteroatoms. The summed E-state index contributed by atoms with van der Waals surface area (Å²) in [5.74, 6) is 0. The first-order valence-corrected chi connectivity index (χ1v) is 6.16. The number of carbonyl (C=O) groups excluding carboxylic acids is 1. The van der Waals surface area contributed by atoms with Crippen molar-refractivity contribution in [2.45, 2.75) is 16.9 Å². The summed E-state index contributed by atoms with van der Waals surface area (Å²) in [7, 11) is 0. The smallest absolute Gasteiger partial charge is 0.446 e. The number of primary amides is 1. The number of benzene rings is 1. The SMILES string of the molecule is NC(=O)OCCNCc1ccc(SC(F)(F)F)cc1.